The second-order valence-corrected chi connectivity index (χ2v) is 8.06. The number of amides is 2. The van der Waals surface area contributed by atoms with E-state index in [0.29, 0.717) is 39.4 Å². The van der Waals surface area contributed by atoms with Crippen LogP contribution in [0.2, 0.25) is 5.02 Å². The second-order valence-electron chi connectivity index (χ2n) is 6.59. The number of rotatable bonds is 4. The van der Waals surface area contributed by atoms with Crippen LogP contribution in [-0.2, 0) is 4.79 Å². The van der Waals surface area contributed by atoms with Crippen molar-refractivity contribution in [3.8, 4) is 10.8 Å². The molecular weight excluding hydrogens is 398 g/mol. The van der Waals surface area contributed by atoms with E-state index in [0.717, 1.165) is 12.8 Å². The van der Waals surface area contributed by atoms with Crippen molar-refractivity contribution in [1.29, 1.82) is 0 Å². The Kier molecular flexibility index (Phi) is 5.45. The molecule has 3 aromatic rings. The number of halogens is 1. The fourth-order valence-corrected chi connectivity index (χ4v) is 4.17. The molecule has 0 radical (unpaired) electrons. The average Bonchev–Trinajstić information content (AvgIpc) is 3.41. The van der Waals surface area contributed by atoms with Gasteiger partial charge in [-0.2, -0.15) is 0 Å². The van der Waals surface area contributed by atoms with Gasteiger partial charge in [0.1, 0.15) is 4.88 Å². The van der Waals surface area contributed by atoms with Crippen molar-refractivity contribution in [1.82, 2.24) is 9.88 Å². The lowest BCUT2D eigenvalue weighted by Gasteiger charge is -2.31. The number of aromatic nitrogens is 1. The molecule has 8 heteroatoms. The topological polar surface area (TPSA) is 75.4 Å². The number of hydrogen-bond donors (Lipinski definition) is 1. The van der Waals surface area contributed by atoms with E-state index in [1.54, 1.807) is 47.7 Å². The number of nitrogens with zero attached hydrogens (tertiary/aromatic N) is 2. The minimum atomic E-state index is -0.245. The van der Waals surface area contributed by atoms with Gasteiger partial charge in [0.2, 0.25) is 5.91 Å². The zero-order valence-electron chi connectivity index (χ0n) is 14.9. The highest BCUT2D eigenvalue weighted by Gasteiger charge is 2.30. The Labute approximate surface area is 171 Å². The summed E-state index contributed by atoms with van der Waals surface area (Å²) in [6.07, 6.45) is 4.69. The van der Waals surface area contributed by atoms with Gasteiger partial charge in [0.25, 0.3) is 5.91 Å². The van der Waals surface area contributed by atoms with Gasteiger partial charge in [-0.25, -0.2) is 4.98 Å². The molecule has 1 fully saturated rings. The van der Waals surface area contributed by atoms with Crippen molar-refractivity contribution in [3.63, 3.8) is 0 Å². The first-order valence-electron chi connectivity index (χ1n) is 8.95. The normalized spacial score (nSPS) is 16.8. The molecule has 1 aliphatic heterocycles. The number of furan rings is 1. The van der Waals surface area contributed by atoms with E-state index in [1.807, 2.05) is 6.07 Å². The summed E-state index contributed by atoms with van der Waals surface area (Å²) in [6, 6.07) is 10.6. The zero-order chi connectivity index (χ0) is 19.5. The first-order valence-corrected chi connectivity index (χ1v) is 10.1. The molecule has 1 unspecified atom stereocenters. The van der Waals surface area contributed by atoms with Crippen molar-refractivity contribution in [2.75, 3.05) is 18.4 Å². The summed E-state index contributed by atoms with van der Waals surface area (Å²) in [6.45, 7) is 1.03. The molecule has 1 atom stereocenters. The molecule has 0 bridgehead atoms. The maximum Gasteiger partial charge on any atom is 0.265 e. The number of benzene rings is 1. The molecular formula is C20H18ClN3O3S. The number of likely N-dealkylation sites (tertiary alicyclic amines) is 1. The number of anilines is 1. The van der Waals surface area contributed by atoms with Gasteiger partial charge >= 0.3 is 0 Å². The Bertz CT molecular complexity index is 969. The van der Waals surface area contributed by atoms with E-state index in [1.165, 1.54) is 11.3 Å². The Hall–Kier alpha value is -2.64. The number of hydrogen-bond acceptors (Lipinski definition) is 5. The van der Waals surface area contributed by atoms with E-state index >= 15 is 0 Å². The molecule has 4 rings (SSSR count). The molecule has 3 heterocycles. The van der Waals surface area contributed by atoms with Crippen molar-refractivity contribution in [2.24, 2.45) is 5.92 Å². The van der Waals surface area contributed by atoms with E-state index in [-0.39, 0.29) is 17.7 Å². The van der Waals surface area contributed by atoms with Crippen LogP contribution in [0.5, 0.6) is 0 Å². The molecule has 2 aromatic heterocycles. The Balaban J connectivity index is 1.41. The van der Waals surface area contributed by atoms with Gasteiger partial charge < -0.3 is 14.6 Å². The SMILES string of the molecule is O=C(Nc1ccc(Cl)cc1)C1CCCN(C(=O)c2cnc(-c3ccco3)s2)C1. The molecule has 1 aromatic carbocycles. The zero-order valence-corrected chi connectivity index (χ0v) is 16.5. The van der Waals surface area contributed by atoms with E-state index < -0.39 is 0 Å². The number of thiazole rings is 1. The van der Waals surface area contributed by atoms with E-state index in [9.17, 15) is 9.59 Å². The number of carbonyl (C=O) groups is 2. The van der Waals surface area contributed by atoms with Crippen molar-refractivity contribution >= 4 is 40.4 Å². The summed E-state index contributed by atoms with van der Waals surface area (Å²) in [4.78, 5) is 32.0. The molecule has 2 amide bonds. The molecule has 1 saturated heterocycles. The predicted octanol–water partition coefficient (Wildman–Crippen LogP) is 4.55. The molecule has 0 aliphatic carbocycles. The molecule has 1 aliphatic rings. The molecule has 144 valence electrons. The fraction of sp³-hybridized carbons (Fsp3) is 0.250. The van der Waals surface area contributed by atoms with Gasteiger partial charge in [0.15, 0.2) is 10.8 Å². The van der Waals surface area contributed by atoms with Crippen LogP contribution < -0.4 is 5.32 Å². The third-order valence-corrected chi connectivity index (χ3v) is 5.89. The third-order valence-electron chi connectivity index (χ3n) is 4.64. The van der Waals surface area contributed by atoms with Gasteiger partial charge in [0, 0.05) is 23.8 Å². The second kappa shape index (κ2) is 8.16. The van der Waals surface area contributed by atoms with Gasteiger partial charge in [-0.1, -0.05) is 11.6 Å². The van der Waals surface area contributed by atoms with Crippen LogP contribution in [0.1, 0.15) is 22.5 Å². The lowest BCUT2D eigenvalue weighted by Crippen LogP contribution is -2.43. The fourth-order valence-electron chi connectivity index (χ4n) is 3.20. The molecule has 0 spiro atoms. The smallest absolute Gasteiger partial charge is 0.265 e. The van der Waals surface area contributed by atoms with E-state index in [4.69, 9.17) is 16.0 Å². The van der Waals surface area contributed by atoms with Crippen LogP contribution in [0, 0.1) is 5.92 Å². The molecule has 0 saturated carbocycles. The Morgan fingerprint density at radius 1 is 1.25 bits per heavy atom. The lowest BCUT2D eigenvalue weighted by atomic mass is 9.97. The van der Waals surface area contributed by atoms with Gasteiger partial charge in [-0.3, -0.25) is 9.59 Å². The first kappa shape index (κ1) is 18.7. The molecule has 28 heavy (non-hydrogen) atoms. The summed E-state index contributed by atoms with van der Waals surface area (Å²) in [5.74, 6) is 0.216. The van der Waals surface area contributed by atoms with Crippen molar-refractivity contribution in [3.05, 3.63) is 58.8 Å². The summed E-state index contributed by atoms with van der Waals surface area (Å²) in [5.41, 5.74) is 0.698. The highest BCUT2D eigenvalue weighted by atomic mass is 35.5. The molecule has 1 N–H and O–H groups in total. The maximum absolute atomic E-state index is 12.9. The average molecular weight is 416 g/mol. The third kappa shape index (κ3) is 4.10. The van der Waals surface area contributed by atoms with Crippen LogP contribution in [0.25, 0.3) is 10.8 Å². The summed E-state index contributed by atoms with van der Waals surface area (Å²) < 4.78 is 5.33. The first-order chi connectivity index (χ1) is 13.6. The monoisotopic (exact) mass is 415 g/mol. The number of piperidine rings is 1. The van der Waals surface area contributed by atoms with Crippen LogP contribution >= 0.6 is 22.9 Å². The van der Waals surface area contributed by atoms with Crippen molar-refractivity contribution in [2.45, 2.75) is 12.8 Å². The van der Waals surface area contributed by atoms with Crippen LogP contribution in [0.3, 0.4) is 0 Å². The van der Waals surface area contributed by atoms with Gasteiger partial charge in [0.05, 0.1) is 18.4 Å². The number of nitrogens with one attached hydrogen (secondary N) is 1. The number of carbonyl (C=O) groups excluding carboxylic acids is 2. The standard InChI is InChI=1S/C20H18ClN3O3S/c21-14-5-7-15(8-6-14)23-18(25)13-3-1-9-24(12-13)20(26)17-11-22-19(28-17)16-4-2-10-27-16/h2,4-8,10-11,13H,1,3,9,12H2,(H,23,25). The van der Waals surface area contributed by atoms with Crippen LogP contribution in [0.4, 0.5) is 5.69 Å². The summed E-state index contributed by atoms with van der Waals surface area (Å²) in [5, 5.41) is 4.19. The molecule has 6 nitrogen and oxygen atoms in total. The van der Waals surface area contributed by atoms with Crippen molar-refractivity contribution < 1.29 is 14.0 Å². The van der Waals surface area contributed by atoms with Gasteiger partial charge in [-0.05, 0) is 49.2 Å². The van der Waals surface area contributed by atoms with Crippen LogP contribution in [0.15, 0.2) is 53.3 Å². The predicted molar refractivity (Wildman–Crippen MR) is 109 cm³/mol. The lowest BCUT2D eigenvalue weighted by molar-refractivity contribution is -0.121. The summed E-state index contributed by atoms with van der Waals surface area (Å²) >= 11 is 7.17. The summed E-state index contributed by atoms with van der Waals surface area (Å²) in [7, 11) is 0. The quantitative estimate of drug-likeness (QED) is 0.678. The maximum atomic E-state index is 12.9. The highest BCUT2D eigenvalue weighted by molar-refractivity contribution is 7.16. The Morgan fingerprint density at radius 3 is 2.82 bits per heavy atom. The minimum Gasteiger partial charge on any atom is -0.462 e. The Morgan fingerprint density at radius 2 is 2.07 bits per heavy atom. The minimum absolute atomic E-state index is 0.0830. The van der Waals surface area contributed by atoms with Crippen LogP contribution in [-0.4, -0.2) is 34.8 Å². The van der Waals surface area contributed by atoms with E-state index in [2.05, 4.69) is 10.3 Å². The highest BCUT2D eigenvalue weighted by Crippen LogP contribution is 2.28. The van der Waals surface area contributed by atoms with Gasteiger partial charge in [-0.15, -0.1) is 11.3 Å². The largest absolute Gasteiger partial charge is 0.462 e.